The summed E-state index contributed by atoms with van der Waals surface area (Å²) in [5, 5.41) is 35.1. The van der Waals surface area contributed by atoms with Crippen LogP contribution in [0.1, 0.15) is 32.8 Å². The van der Waals surface area contributed by atoms with Crippen molar-refractivity contribution in [3.8, 4) is 5.75 Å². The van der Waals surface area contributed by atoms with Crippen molar-refractivity contribution in [1.82, 2.24) is 16.0 Å². The molecule has 11 nitrogen and oxygen atoms in total. The number of phenolic OH excluding ortho intramolecular Hbond substituents is 1. The summed E-state index contributed by atoms with van der Waals surface area (Å²) in [7, 11) is 0. The minimum Gasteiger partial charge on any atom is -0.508 e. The summed E-state index contributed by atoms with van der Waals surface area (Å²) >= 11 is 0. The van der Waals surface area contributed by atoms with E-state index in [-0.39, 0.29) is 24.5 Å². The molecule has 3 amide bonds. The Bertz CT molecular complexity index is 796. The summed E-state index contributed by atoms with van der Waals surface area (Å²) in [4.78, 5) is 48.5. The van der Waals surface area contributed by atoms with Gasteiger partial charge in [0.2, 0.25) is 17.7 Å². The van der Waals surface area contributed by atoms with E-state index in [0.717, 1.165) is 0 Å². The lowest BCUT2D eigenvalue weighted by Crippen LogP contribution is -2.58. The molecule has 0 aliphatic heterocycles. The molecule has 1 aromatic rings. The van der Waals surface area contributed by atoms with Crippen LogP contribution in [-0.2, 0) is 25.6 Å². The van der Waals surface area contributed by atoms with Crippen molar-refractivity contribution in [2.45, 2.75) is 57.8 Å². The summed E-state index contributed by atoms with van der Waals surface area (Å²) in [6.45, 7) is 4.41. The van der Waals surface area contributed by atoms with Gasteiger partial charge in [0.05, 0.1) is 6.10 Å². The molecule has 0 aromatic heterocycles. The molecule has 0 aliphatic rings. The summed E-state index contributed by atoms with van der Waals surface area (Å²) in [5.74, 6) is -3.29. The standard InChI is InChI=1S/C21H32N4O7/c1-11(2)8-15(19(30)23-10-17(28)29)24-20(31)16(25-21(32)18(22)12(3)26)9-13-4-6-14(27)7-5-13/h4-7,11-12,15-16,18,26-27H,8-10,22H2,1-3H3,(H,23,30)(H,24,31)(H,25,32)(H,28,29). The Kier molecular flexibility index (Phi) is 10.6. The van der Waals surface area contributed by atoms with Crippen molar-refractivity contribution in [1.29, 1.82) is 0 Å². The van der Waals surface area contributed by atoms with E-state index in [1.807, 2.05) is 13.8 Å². The largest absolute Gasteiger partial charge is 0.508 e. The number of carbonyl (C=O) groups is 4. The Morgan fingerprint density at radius 3 is 2.00 bits per heavy atom. The zero-order valence-electron chi connectivity index (χ0n) is 18.4. The molecular weight excluding hydrogens is 420 g/mol. The smallest absolute Gasteiger partial charge is 0.322 e. The SMILES string of the molecule is CC(C)CC(NC(=O)C(Cc1ccc(O)cc1)NC(=O)C(N)C(C)O)C(=O)NCC(=O)O. The number of carboxylic acid groups (broad SMARTS) is 1. The highest BCUT2D eigenvalue weighted by molar-refractivity contribution is 5.94. The van der Waals surface area contributed by atoms with Crippen LogP contribution in [0, 0.1) is 5.92 Å². The van der Waals surface area contributed by atoms with Crippen LogP contribution in [0.3, 0.4) is 0 Å². The molecule has 32 heavy (non-hydrogen) atoms. The molecule has 0 radical (unpaired) electrons. The zero-order valence-corrected chi connectivity index (χ0v) is 18.4. The summed E-state index contributed by atoms with van der Waals surface area (Å²) in [5.41, 5.74) is 6.27. The number of aliphatic carboxylic acids is 1. The molecular formula is C21H32N4O7. The van der Waals surface area contributed by atoms with Crippen molar-refractivity contribution >= 4 is 23.7 Å². The van der Waals surface area contributed by atoms with Gasteiger partial charge in [-0.3, -0.25) is 19.2 Å². The lowest BCUT2D eigenvalue weighted by molar-refractivity contribution is -0.138. The predicted molar refractivity (Wildman–Crippen MR) is 115 cm³/mol. The van der Waals surface area contributed by atoms with Gasteiger partial charge in [0.15, 0.2) is 0 Å². The summed E-state index contributed by atoms with van der Waals surface area (Å²) in [6, 6.07) is 2.56. The lowest BCUT2D eigenvalue weighted by Gasteiger charge is -2.25. The fourth-order valence-corrected chi connectivity index (χ4v) is 2.83. The van der Waals surface area contributed by atoms with Crippen LogP contribution in [0.2, 0.25) is 0 Å². The number of rotatable bonds is 12. The van der Waals surface area contributed by atoms with E-state index in [0.29, 0.717) is 5.56 Å². The second-order valence-electron chi connectivity index (χ2n) is 8.00. The maximum Gasteiger partial charge on any atom is 0.322 e. The van der Waals surface area contributed by atoms with Gasteiger partial charge < -0.3 is 37.0 Å². The lowest BCUT2D eigenvalue weighted by atomic mass is 10.0. The Morgan fingerprint density at radius 2 is 1.50 bits per heavy atom. The van der Waals surface area contributed by atoms with E-state index < -0.39 is 54.5 Å². The molecule has 0 fully saturated rings. The molecule has 0 aliphatic carbocycles. The van der Waals surface area contributed by atoms with Gasteiger partial charge in [-0.15, -0.1) is 0 Å². The fraction of sp³-hybridized carbons (Fsp3) is 0.524. The highest BCUT2D eigenvalue weighted by Gasteiger charge is 2.30. The quantitative estimate of drug-likeness (QED) is 0.207. The van der Waals surface area contributed by atoms with Gasteiger partial charge in [-0.1, -0.05) is 26.0 Å². The van der Waals surface area contributed by atoms with Crippen LogP contribution in [-0.4, -0.2) is 69.8 Å². The molecule has 8 N–H and O–H groups in total. The number of hydrogen-bond acceptors (Lipinski definition) is 7. The zero-order chi connectivity index (χ0) is 24.4. The Morgan fingerprint density at radius 1 is 0.938 bits per heavy atom. The first kappa shape index (κ1) is 26.9. The Hall–Kier alpha value is -3.18. The number of benzene rings is 1. The molecule has 1 rings (SSSR count). The van der Waals surface area contributed by atoms with E-state index in [2.05, 4.69) is 16.0 Å². The second kappa shape index (κ2) is 12.6. The Balaban J connectivity index is 3.05. The van der Waals surface area contributed by atoms with E-state index in [1.165, 1.54) is 19.1 Å². The van der Waals surface area contributed by atoms with Crippen LogP contribution >= 0.6 is 0 Å². The Labute approximate surface area is 186 Å². The average molecular weight is 453 g/mol. The number of aromatic hydroxyl groups is 1. The second-order valence-corrected chi connectivity index (χ2v) is 8.00. The molecule has 0 spiro atoms. The molecule has 11 heteroatoms. The van der Waals surface area contributed by atoms with Crippen molar-refractivity contribution < 1.29 is 34.5 Å². The van der Waals surface area contributed by atoms with E-state index in [9.17, 15) is 29.4 Å². The molecule has 0 saturated heterocycles. The van der Waals surface area contributed by atoms with Gasteiger partial charge >= 0.3 is 5.97 Å². The number of phenols is 1. The van der Waals surface area contributed by atoms with E-state index in [4.69, 9.17) is 10.8 Å². The molecule has 4 atom stereocenters. The topological polar surface area (TPSA) is 191 Å². The first-order valence-corrected chi connectivity index (χ1v) is 10.2. The number of aliphatic hydroxyl groups is 1. The third-order valence-corrected chi connectivity index (χ3v) is 4.59. The van der Waals surface area contributed by atoms with Crippen LogP contribution in [0.5, 0.6) is 5.75 Å². The summed E-state index contributed by atoms with van der Waals surface area (Å²) in [6.07, 6.45) is -0.886. The monoisotopic (exact) mass is 452 g/mol. The third kappa shape index (κ3) is 9.31. The minimum absolute atomic E-state index is 0.00433. The number of carbonyl (C=O) groups excluding carboxylic acids is 3. The maximum atomic E-state index is 13.0. The number of hydrogen-bond donors (Lipinski definition) is 7. The number of nitrogens with one attached hydrogen (secondary N) is 3. The van der Waals surface area contributed by atoms with Gasteiger partial charge in [0.25, 0.3) is 0 Å². The van der Waals surface area contributed by atoms with Crippen molar-refractivity contribution in [2.75, 3.05) is 6.54 Å². The highest BCUT2D eigenvalue weighted by Crippen LogP contribution is 2.12. The molecule has 1 aromatic carbocycles. The molecule has 178 valence electrons. The van der Waals surface area contributed by atoms with Crippen molar-refractivity contribution in [3.63, 3.8) is 0 Å². The van der Waals surface area contributed by atoms with Gasteiger partial charge in [0.1, 0.15) is 30.4 Å². The average Bonchev–Trinajstić information content (AvgIpc) is 2.71. The van der Waals surface area contributed by atoms with Crippen LogP contribution in [0.15, 0.2) is 24.3 Å². The van der Waals surface area contributed by atoms with E-state index in [1.54, 1.807) is 12.1 Å². The number of carboxylic acids is 1. The number of amides is 3. The molecule has 0 saturated carbocycles. The summed E-state index contributed by atoms with van der Waals surface area (Å²) < 4.78 is 0. The number of aliphatic hydroxyl groups excluding tert-OH is 1. The van der Waals surface area contributed by atoms with E-state index >= 15 is 0 Å². The molecule has 0 bridgehead atoms. The normalized spacial score (nSPS) is 14.7. The van der Waals surface area contributed by atoms with Gasteiger partial charge in [-0.05, 0) is 37.0 Å². The molecule has 4 unspecified atom stereocenters. The van der Waals surface area contributed by atoms with Gasteiger partial charge in [-0.25, -0.2) is 0 Å². The maximum absolute atomic E-state index is 13.0. The first-order chi connectivity index (χ1) is 14.9. The number of nitrogens with two attached hydrogens (primary N) is 1. The highest BCUT2D eigenvalue weighted by atomic mass is 16.4. The van der Waals surface area contributed by atoms with Gasteiger partial charge in [0, 0.05) is 6.42 Å². The first-order valence-electron chi connectivity index (χ1n) is 10.2. The van der Waals surface area contributed by atoms with Crippen LogP contribution in [0.4, 0.5) is 0 Å². The molecule has 0 heterocycles. The predicted octanol–water partition coefficient (Wildman–Crippen LogP) is -1.14. The van der Waals surface area contributed by atoms with Crippen LogP contribution in [0.25, 0.3) is 0 Å². The third-order valence-electron chi connectivity index (χ3n) is 4.59. The van der Waals surface area contributed by atoms with Gasteiger partial charge in [-0.2, -0.15) is 0 Å². The minimum atomic E-state index is -1.27. The van der Waals surface area contributed by atoms with Crippen molar-refractivity contribution in [3.05, 3.63) is 29.8 Å². The fourth-order valence-electron chi connectivity index (χ4n) is 2.83. The van der Waals surface area contributed by atoms with Crippen molar-refractivity contribution in [2.24, 2.45) is 11.7 Å². The van der Waals surface area contributed by atoms with Crippen LogP contribution < -0.4 is 21.7 Å².